The van der Waals surface area contributed by atoms with Crippen LogP contribution in [0, 0.1) is 0 Å². The van der Waals surface area contributed by atoms with Gasteiger partial charge in [-0.25, -0.2) is 0 Å². The normalized spacial score (nSPS) is 13.6. The lowest BCUT2D eigenvalue weighted by molar-refractivity contribution is 0.218. The summed E-state index contributed by atoms with van der Waals surface area (Å²) in [5.74, 6) is 0. The number of fused-ring (bicyclic) bond motifs is 3. The van der Waals surface area contributed by atoms with Gasteiger partial charge in [0.05, 0.1) is 38.8 Å². The van der Waals surface area contributed by atoms with Gasteiger partial charge in [0.15, 0.2) is 0 Å². The second-order valence-corrected chi connectivity index (χ2v) is 11.8. The Morgan fingerprint density at radius 3 is 1.28 bits per heavy atom. The molecule has 0 spiro atoms. The van der Waals surface area contributed by atoms with Crippen molar-refractivity contribution in [2.75, 3.05) is 26.4 Å². The molecule has 2 aromatic carbocycles. The molecule has 0 atom stereocenters. The van der Waals surface area contributed by atoms with Gasteiger partial charge in [0.1, 0.15) is 0 Å². The fourth-order valence-electron chi connectivity index (χ4n) is 4.19. The van der Waals surface area contributed by atoms with Crippen molar-refractivity contribution in [3.8, 4) is 11.1 Å². The van der Waals surface area contributed by atoms with Gasteiger partial charge in [-0.05, 0) is 73.9 Å². The van der Waals surface area contributed by atoms with E-state index in [4.69, 9.17) is 18.1 Å². The lowest BCUT2D eigenvalue weighted by atomic mass is 9.84. The molecule has 1 aliphatic rings. The van der Waals surface area contributed by atoms with Crippen LogP contribution in [0.1, 0.15) is 49.9 Å². The topological polar surface area (TPSA) is 71.1 Å². The molecule has 0 aliphatic heterocycles. The second-order valence-electron chi connectivity index (χ2n) is 7.69. The van der Waals surface area contributed by atoms with Crippen LogP contribution in [-0.2, 0) is 52.4 Å². The van der Waals surface area contributed by atoms with Crippen LogP contribution < -0.4 is 0 Å². The lowest BCUT2D eigenvalue weighted by Gasteiger charge is -2.23. The largest absolute Gasteiger partial charge is 0.335 e. The monoisotopic (exact) mass is 480 g/mol. The molecule has 6 nitrogen and oxygen atoms in total. The first kappa shape index (κ1) is 25.4. The van der Waals surface area contributed by atoms with Crippen molar-refractivity contribution in [3.63, 3.8) is 0 Å². The van der Waals surface area contributed by atoms with E-state index >= 15 is 0 Å². The number of rotatable bonds is 12. The molecule has 176 valence electrons. The van der Waals surface area contributed by atoms with Crippen LogP contribution in [0.25, 0.3) is 11.1 Å². The molecule has 8 heteroatoms. The van der Waals surface area contributed by atoms with Gasteiger partial charge in [-0.2, -0.15) is 0 Å². The first-order valence-corrected chi connectivity index (χ1v) is 14.8. The smallest absolute Gasteiger partial charge is 0.309 e. The molecule has 32 heavy (non-hydrogen) atoms. The summed E-state index contributed by atoms with van der Waals surface area (Å²) in [6.45, 7) is 8.73. The average Bonchev–Trinajstić information content (AvgIpc) is 2.73. The van der Waals surface area contributed by atoms with Crippen LogP contribution in [0.5, 0.6) is 0 Å². The van der Waals surface area contributed by atoms with Crippen molar-refractivity contribution < 1.29 is 27.2 Å². The van der Waals surface area contributed by atoms with E-state index in [1.165, 1.54) is 22.3 Å². The Balaban J connectivity index is 1.83. The predicted molar refractivity (Wildman–Crippen MR) is 128 cm³/mol. The molecular formula is C24H34O6P2. The number of benzene rings is 2. The Morgan fingerprint density at radius 2 is 0.969 bits per heavy atom. The van der Waals surface area contributed by atoms with Gasteiger partial charge in [0.2, 0.25) is 0 Å². The molecule has 0 aromatic heterocycles. The molecule has 1 aliphatic carbocycles. The lowest BCUT2D eigenvalue weighted by Crippen LogP contribution is -2.07. The van der Waals surface area contributed by atoms with Gasteiger partial charge >= 0.3 is 15.2 Å². The summed E-state index contributed by atoms with van der Waals surface area (Å²) in [6.07, 6.45) is 2.33. The summed E-state index contributed by atoms with van der Waals surface area (Å²) < 4.78 is 47.6. The van der Waals surface area contributed by atoms with E-state index in [9.17, 15) is 9.13 Å². The highest BCUT2D eigenvalue weighted by Crippen LogP contribution is 2.53. The van der Waals surface area contributed by atoms with E-state index in [2.05, 4.69) is 24.3 Å². The second kappa shape index (κ2) is 11.2. The first-order chi connectivity index (χ1) is 15.3. The Kier molecular flexibility index (Phi) is 8.91. The molecule has 0 fully saturated rings. The Labute approximate surface area is 191 Å². The van der Waals surface area contributed by atoms with E-state index in [-0.39, 0.29) is 12.3 Å². The minimum atomic E-state index is -3.13. The van der Waals surface area contributed by atoms with Crippen molar-refractivity contribution in [1.82, 2.24) is 0 Å². The van der Waals surface area contributed by atoms with Crippen LogP contribution in [0.2, 0.25) is 0 Å². The van der Waals surface area contributed by atoms with Crippen LogP contribution >= 0.6 is 15.2 Å². The van der Waals surface area contributed by atoms with E-state index in [1.54, 1.807) is 0 Å². The quantitative estimate of drug-likeness (QED) is 0.305. The van der Waals surface area contributed by atoms with Crippen LogP contribution in [-0.4, -0.2) is 26.4 Å². The third-order valence-corrected chi connectivity index (χ3v) is 9.46. The van der Waals surface area contributed by atoms with Crippen molar-refractivity contribution in [3.05, 3.63) is 58.7 Å². The molecule has 0 saturated carbocycles. The number of hydrogen-bond acceptors (Lipinski definition) is 6. The van der Waals surface area contributed by atoms with Crippen molar-refractivity contribution in [2.24, 2.45) is 0 Å². The highest BCUT2D eigenvalue weighted by atomic mass is 31.2. The maximum atomic E-state index is 12.9. The van der Waals surface area contributed by atoms with E-state index in [0.717, 1.165) is 24.0 Å². The van der Waals surface area contributed by atoms with Gasteiger partial charge in [-0.15, -0.1) is 0 Å². The Morgan fingerprint density at radius 1 is 0.625 bits per heavy atom. The highest BCUT2D eigenvalue weighted by molar-refractivity contribution is 7.53. The molecule has 0 radical (unpaired) electrons. The Bertz CT molecular complexity index is 918. The van der Waals surface area contributed by atoms with Crippen LogP contribution in [0.4, 0.5) is 0 Å². The SMILES string of the molecule is CCOP(=O)(Cc1ccc2c(c1)CCc1cc(CP(=O)(OCC)OCC)ccc1-2)OCC. The molecule has 0 amide bonds. The van der Waals surface area contributed by atoms with Gasteiger partial charge in [0.25, 0.3) is 0 Å². The number of hydrogen-bond donors (Lipinski definition) is 0. The summed E-state index contributed by atoms with van der Waals surface area (Å²) in [5.41, 5.74) is 6.75. The van der Waals surface area contributed by atoms with Crippen LogP contribution in [0.15, 0.2) is 36.4 Å². The number of aryl methyl sites for hydroxylation is 2. The molecule has 0 saturated heterocycles. The van der Waals surface area contributed by atoms with E-state index in [0.29, 0.717) is 26.4 Å². The van der Waals surface area contributed by atoms with Crippen LogP contribution in [0.3, 0.4) is 0 Å². The maximum absolute atomic E-state index is 12.9. The molecule has 0 heterocycles. The summed E-state index contributed by atoms with van der Waals surface area (Å²) in [5, 5.41) is 0. The molecule has 0 N–H and O–H groups in total. The van der Waals surface area contributed by atoms with Gasteiger partial charge < -0.3 is 18.1 Å². The third-order valence-electron chi connectivity index (χ3n) is 5.35. The minimum absolute atomic E-state index is 0.276. The first-order valence-electron chi connectivity index (χ1n) is 11.4. The summed E-state index contributed by atoms with van der Waals surface area (Å²) in [4.78, 5) is 0. The van der Waals surface area contributed by atoms with Crippen molar-refractivity contribution in [1.29, 1.82) is 0 Å². The fraction of sp³-hybridized carbons (Fsp3) is 0.500. The molecule has 2 aromatic rings. The standard InChI is InChI=1S/C24H34O6P2/c1-5-27-31(25,28-6-2)17-19-9-13-23-21(15-19)11-12-22-16-20(10-14-24(22)23)18-32(26,29-7-3)30-8-4/h9-10,13-16H,5-8,11-12,17-18H2,1-4H3. The molecule has 3 rings (SSSR count). The minimum Gasteiger partial charge on any atom is -0.309 e. The zero-order valence-electron chi connectivity index (χ0n) is 19.5. The van der Waals surface area contributed by atoms with Gasteiger partial charge in [-0.1, -0.05) is 36.4 Å². The zero-order chi connectivity index (χ0) is 23.2. The fourth-order valence-corrected chi connectivity index (χ4v) is 7.57. The average molecular weight is 480 g/mol. The maximum Gasteiger partial charge on any atom is 0.335 e. The molecule has 0 bridgehead atoms. The van der Waals surface area contributed by atoms with Gasteiger partial charge in [0, 0.05) is 0 Å². The zero-order valence-corrected chi connectivity index (χ0v) is 21.3. The summed E-state index contributed by atoms with van der Waals surface area (Å²) >= 11 is 0. The van der Waals surface area contributed by atoms with Crippen molar-refractivity contribution >= 4 is 15.2 Å². The third kappa shape index (κ3) is 6.20. The van der Waals surface area contributed by atoms with Crippen molar-refractivity contribution in [2.45, 2.75) is 52.9 Å². The molecular weight excluding hydrogens is 446 g/mol. The van der Waals surface area contributed by atoms with E-state index < -0.39 is 15.2 Å². The van der Waals surface area contributed by atoms with E-state index in [1.807, 2.05) is 39.8 Å². The van der Waals surface area contributed by atoms with Gasteiger partial charge in [-0.3, -0.25) is 9.13 Å². The molecule has 0 unspecified atom stereocenters. The summed E-state index contributed by atoms with van der Waals surface area (Å²) in [6, 6.07) is 12.4. The summed E-state index contributed by atoms with van der Waals surface area (Å²) in [7, 11) is -6.26. The Hall–Kier alpha value is -1.26. The highest BCUT2D eigenvalue weighted by Gasteiger charge is 2.27. The predicted octanol–water partition coefficient (Wildman–Crippen LogP) is 6.98.